The molecule has 0 spiro atoms. The molecule has 1 aliphatic heterocycles. The van der Waals surface area contributed by atoms with Crippen molar-refractivity contribution in [2.45, 2.75) is 25.8 Å². The molecule has 24 heavy (non-hydrogen) atoms. The zero-order chi connectivity index (χ0) is 17.5. The van der Waals surface area contributed by atoms with E-state index in [0.717, 1.165) is 11.6 Å². The van der Waals surface area contributed by atoms with Crippen LogP contribution in [0.2, 0.25) is 5.02 Å². The second-order valence-electron chi connectivity index (χ2n) is 5.65. The van der Waals surface area contributed by atoms with Crippen molar-refractivity contribution in [3.05, 3.63) is 64.2 Å². The van der Waals surface area contributed by atoms with Gasteiger partial charge in [-0.2, -0.15) is 13.2 Å². The lowest BCUT2D eigenvalue weighted by molar-refractivity contribution is -0.299. The van der Waals surface area contributed by atoms with Crippen molar-refractivity contribution in [2.75, 3.05) is 0 Å². The second kappa shape index (κ2) is 5.74. The van der Waals surface area contributed by atoms with Crippen LogP contribution < -0.4 is 9.47 Å². The minimum Gasteiger partial charge on any atom is -0.441 e. The number of aryl methyl sites for hydroxylation is 2. The van der Waals surface area contributed by atoms with Crippen LogP contribution >= 0.6 is 11.6 Å². The minimum absolute atomic E-state index is 0.0527. The van der Waals surface area contributed by atoms with Gasteiger partial charge in [-0.05, 0) is 55.8 Å². The Bertz CT molecular complexity index is 814. The van der Waals surface area contributed by atoms with E-state index < -0.39 is 12.0 Å². The lowest BCUT2D eigenvalue weighted by Gasteiger charge is -2.36. The summed E-state index contributed by atoms with van der Waals surface area (Å²) in [5.74, 6) is -2.71. The first kappa shape index (κ1) is 16.7. The van der Waals surface area contributed by atoms with E-state index in [2.05, 4.69) is 0 Å². The molecule has 0 fully saturated rings. The summed E-state index contributed by atoms with van der Waals surface area (Å²) >= 11 is 5.84. The fraction of sp³-hybridized carbons (Fsp3) is 0.222. The molecule has 0 amide bonds. The molecule has 2 nitrogen and oxygen atoms in total. The number of halogens is 4. The Morgan fingerprint density at radius 3 is 2.50 bits per heavy atom. The average Bonchev–Trinajstić information content (AvgIpc) is 2.49. The first-order valence-corrected chi connectivity index (χ1v) is 7.59. The van der Waals surface area contributed by atoms with Gasteiger partial charge in [0, 0.05) is 16.7 Å². The molecule has 0 aliphatic carbocycles. The summed E-state index contributed by atoms with van der Waals surface area (Å²) in [4.78, 5) is 0. The summed E-state index contributed by atoms with van der Waals surface area (Å²) in [6.07, 6.45) is -2.51. The van der Waals surface area contributed by atoms with Gasteiger partial charge in [-0.25, -0.2) is 0 Å². The maximum atomic E-state index is 13.7. The molecule has 6 heteroatoms. The molecular weight excluding hydrogens is 341 g/mol. The molecule has 3 rings (SSSR count). The van der Waals surface area contributed by atoms with Crippen LogP contribution in [0.4, 0.5) is 13.2 Å². The third kappa shape index (κ3) is 2.96. The van der Waals surface area contributed by atoms with E-state index in [1.165, 1.54) is 30.3 Å². The predicted molar refractivity (Wildman–Crippen MR) is 86.4 cm³/mol. The molecule has 0 saturated heterocycles. The maximum Gasteiger partial charge on any atom is 0.472 e. The Morgan fingerprint density at radius 1 is 1.08 bits per heavy atom. The molecule has 1 unspecified atom stereocenters. The number of fused-ring (bicyclic) bond motifs is 1. The molecule has 2 aromatic rings. The van der Waals surface area contributed by atoms with Gasteiger partial charge >= 0.3 is 12.0 Å². The lowest BCUT2D eigenvalue weighted by Crippen LogP contribution is -2.54. The van der Waals surface area contributed by atoms with E-state index in [1.807, 2.05) is 6.92 Å². The Hall–Kier alpha value is -2.14. The maximum absolute atomic E-state index is 13.7. The first-order valence-electron chi connectivity index (χ1n) is 7.21. The zero-order valence-corrected chi connectivity index (χ0v) is 13.7. The van der Waals surface area contributed by atoms with Gasteiger partial charge < -0.3 is 9.47 Å². The van der Waals surface area contributed by atoms with Gasteiger partial charge in [-0.1, -0.05) is 23.2 Å². The lowest BCUT2D eigenvalue weighted by atomic mass is 10.0. The molecule has 0 aromatic heterocycles. The van der Waals surface area contributed by atoms with Gasteiger partial charge in [0.25, 0.3) is 0 Å². The Labute approximate surface area is 142 Å². The van der Waals surface area contributed by atoms with Crippen LogP contribution in [-0.2, 0) is 0 Å². The predicted octanol–water partition coefficient (Wildman–Crippen LogP) is 5.70. The van der Waals surface area contributed by atoms with Gasteiger partial charge in [-0.3, -0.25) is 0 Å². The van der Waals surface area contributed by atoms with E-state index >= 15 is 0 Å². The van der Waals surface area contributed by atoms with E-state index in [-0.39, 0.29) is 11.5 Å². The SMILES string of the molecule is Cc1ccc2c(c1)C=CC(Oc1ccc(Cl)cc1C)(C(F)(F)F)O2. The number of hydrogen-bond acceptors (Lipinski definition) is 2. The highest BCUT2D eigenvalue weighted by Crippen LogP contribution is 2.43. The van der Waals surface area contributed by atoms with Gasteiger partial charge in [0.15, 0.2) is 0 Å². The van der Waals surface area contributed by atoms with Crippen molar-refractivity contribution < 1.29 is 22.6 Å². The van der Waals surface area contributed by atoms with Crippen LogP contribution in [0, 0.1) is 13.8 Å². The first-order chi connectivity index (χ1) is 11.2. The third-order valence-electron chi connectivity index (χ3n) is 3.70. The fourth-order valence-electron chi connectivity index (χ4n) is 2.44. The van der Waals surface area contributed by atoms with Crippen molar-refractivity contribution in [1.29, 1.82) is 0 Å². The molecule has 1 aliphatic rings. The highest BCUT2D eigenvalue weighted by atomic mass is 35.5. The third-order valence-corrected chi connectivity index (χ3v) is 3.94. The molecule has 0 N–H and O–H groups in total. The van der Waals surface area contributed by atoms with E-state index in [9.17, 15) is 13.2 Å². The van der Waals surface area contributed by atoms with Gasteiger partial charge in [0.1, 0.15) is 11.5 Å². The minimum atomic E-state index is -4.77. The quantitative estimate of drug-likeness (QED) is 0.688. The molecular formula is C18H14ClF3O2. The molecule has 126 valence electrons. The summed E-state index contributed by atoms with van der Waals surface area (Å²) in [5.41, 5.74) is 1.99. The van der Waals surface area contributed by atoms with E-state index in [0.29, 0.717) is 16.1 Å². The summed E-state index contributed by atoms with van der Waals surface area (Å²) in [6, 6.07) is 9.34. The molecule has 0 bridgehead atoms. The van der Waals surface area contributed by atoms with Crippen molar-refractivity contribution in [1.82, 2.24) is 0 Å². The molecule has 0 radical (unpaired) electrons. The van der Waals surface area contributed by atoms with Crippen LogP contribution in [0.1, 0.15) is 16.7 Å². The Balaban J connectivity index is 2.04. The highest BCUT2D eigenvalue weighted by molar-refractivity contribution is 6.30. The van der Waals surface area contributed by atoms with Crippen LogP contribution in [0.15, 0.2) is 42.5 Å². The van der Waals surface area contributed by atoms with Crippen molar-refractivity contribution in [3.8, 4) is 11.5 Å². The number of rotatable bonds is 2. The number of alkyl halides is 3. The average molecular weight is 355 g/mol. The molecule has 1 atom stereocenters. The van der Waals surface area contributed by atoms with Gasteiger partial charge in [-0.15, -0.1) is 0 Å². The summed E-state index contributed by atoms with van der Waals surface area (Å²) in [7, 11) is 0. The van der Waals surface area contributed by atoms with E-state index in [4.69, 9.17) is 21.1 Å². The number of benzene rings is 2. The second-order valence-corrected chi connectivity index (χ2v) is 6.09. The molecule has 2 aromatic carbocycles. The number of hydrogen-bond donors (Lipinski definition) is 0. The van der Waals surface area contributed by atoms with Gasteiger partial charge in [0.05, 0.1) is 0 Å². The fourth-order valence-corrected chi connectivity index (χ4v) is 2.67. The molecule has 1 heterocycles. The number of ether oxygens (including phenoxy) is 2. The van der Waals surface area contributed by atoms with Crippen LogP contribution in [-0.4, -0.2) is 12.0 Å². The smallest absolute Gasteiger partial charge is 0.441 e. The molecule has 0 saturated carbocycles. The zero-order valence-electron chi connectivity index (χ0n) is 12.9. The van der Waals surface area contributed by atoms with Crippen LogP contribution in [0.25, 0.3) is 6.08 Å². The summed E-state index contributed by atoms with van der Waals surface area (Å²) in [6.45, 7) is 3.47. The highest BCUT2D eigenvalue weighted by Gasteiger charge is 2.60. The summed E-state index contributed by atoms with van der Waals surface area (Å²) in [5, 5.41) is 0.418. The van der Waals surface area contributed by atoms with Gasteiger partial charge in [0.2, 0.25) is 0 Å². The summed E-state index contributed by atoms with van der Waals surface area (Å²) < 4.78 is 51.8. The standard InChI is InChI=1S/C18H14ClF3O2/c1-11-3-5-16-13(9-11)7-8-17(24-16,18(20,21)22)23-15-6-4-14(19)10-12(15)2/h3-10H,1-2H3. The topological polar surface area (TPSA) is 18.5 Å². The van der Waals surface area contributed by atoms with Crippen molar-refractivity contribution in [3.63, 3.8) is 0 Å². The van der Waals surface area contributed by atoms with Crippen LogP contribution in [0.3, 0.4) is 0 Å². The monoisotopic (exact) mass is 354 g/mol. The van der Waals surface area contributed by atoms with Crippen molar-refractivity contribution >= 4 is 17.7 Å². The van der Waals surface area contributed by atoms with Crippen molar-refractivity contribution in [2.24, 2.45) is 0 Å². The largest absolute Gasteiger partial charge is 0.472 e. The Kier molecular flexibility index (Phi) is 4.00. The normalized spacial score (nSPS) is 19.6. The van der Waals surface area contributed by atoms with Crippen LogP contribution in [0.5, 0.6) is 11.5 Å². The van der Waals surface area contributed by atoms with E-state index in [1.54, 1.807) is 19.1 Å². The Morgan fingerprint density at radius 2 is 1.83 bits per heavy atom.